The summed E-state index contributed by atoms with van der Waals surface area (Å²) in [6, 6.07) is 14.6. The molecule has 0 spiro atoms. The largest absolute Gasteiger partial charge is 0.492 e. The van der Waals surface area contributed by atoms with Crippen molar-refractivity contribution in [2.75, 3.05) is 26.2 Å². The minimum absolute atomic E-state index is 0.314. The van der Waals surface area contributed by atoms with E-state index in [-0.39, 0.29) is 0 Å². The van der Waals surface area contributed by atoms with E-state index in [9.17, 15) is 0 Å². The molecule has 0 saturated carbocycles. The SMILES string of the molecule is C[C@@H]1CN(CCOc2ccc3ccccc3c2)C[C@H](C)O1. The number of rotatable bonds is 4. The van der Waals surface area contributed by atoms with Crippen LogP contribution in [0, 0.1) is 0 Å². The van der Waals surface area contributed by atoms with Crippen molar-refractivity contribution in [2.24, 2.45) is 0 Å². The average molecular weight is 285 g/mol. The van der Waals surface area contributed by atoms with E-state index in [1.165, 1.54) is 10.8 Å². The molecule has 1 saturated heterocycles. The highest BCUT2D eigenvalue weighted by molar-refractivity contribution is 5.83. The molecule has 3 rings (SSSR count). The normalized spacial score (nSPS) is 23.3. The number of hydrogen-bond acceptors (Lipinski definition) is 3. The Bertz CT molecular complexity index is 589. The first-order valence-electron chi connectivity index (χ1n) is 7.70. The van der Waals surface area contributed by atoms with E-state index in [0.717, 1.165) is 32.0 Å². The molecular weight excluding hydrogens is 262 g/mol. The van der Waals surface area contributed by atoms with Gasteiger partial charge < -0.3 is 9.47 Å². The Labute approximate surface area is 126 Å². The summed E-state index contributed by atoms with van der Waals surface area (Å²) >= 11 is 0. The van der Waals surface area contributed by atoms with Gasteiger partial charge in [-0.3, -0.25) is 4.90 Å². The summed E-state index contributed by atoms with van der Waals surface area (Å²) in [4.78, 5) is 2.42. The predicted octanol–water partition coefficient (Wildman–Crippen LogP) is 3.33. The average Bonchev–Trinajstić information content (AvgIpc) is 2.46. The van der Waals surface area contributed by atoms with Crippen LogP contribution in [0.3, 0.4) is 0 Å². The monoisotopic (exact) mass is 285 g/mol. The molecule has 0 bridgehead atoms. The number of ether oxygens (including phenoxy) is 2. The first-order chi connectivity index (χ1) is 10.2. The Morgan fingerprint density at radius 2 is 1.76 bits per heavy atom. The smallest absolute Gasteiger partial charge is 0.120 e. The molecule has 2 aromatic rings. The number of nitrogens with zero attached hydrogens (tertiary/aromatic N) is 1. The third-order valence-electron chi connectivity index (χ3n) is 3.89. The third-order valence-corrected chi connectivity index (χ3v) is 3.89. The summed E-state index contributed by atoms with van der Waals surface area (Å²) in [5.41, 5.74) is 0. The number of benzene rings is 2. The second-order valence-electron chi connectivity index (χ2n) is 5.87. The quantitative estimate of drug-likeness (QED) is 0.860. The van der Waals surface area contributed by atoms with E-state index in [1.54, 1.807) is 0 Å². The fourth-order valence-corrected chi connectivity index (χ4v) is 3.02. The second kappa shape index (κ2) is 6.46. The fraction of sp³-hybridized carbons (Fsp3) is 0.444. The lowest BCUT2D eigenvalue weighted by Crippen LogP contribution is -2.46. The van der Waals surface area contributed by atoms with Crippen LogP contribution < -0.4 is 4.74 Å². The predicted molar refractivity (Wildman–Crippen MR) is 85.9 cm³/mol. The summed E-state index contributed by atoms with van der Waals surface area (Å²) in [5.74, 6) is 0.947. The first-order valence-corrected chi connectivity index (χ1v) is 7.70. The Morgan fingerprint density at radius 1 is 1.05 bits per heavy atom. The van der Waals surface area contributed by atoms with E-state index in [4.69, 9.17) is 9.47 Å². The number of morpholine rings is 1. The number of hydrogen-bond donors (Lipinski definition) is 0. The van der Waals surface area contributed by atoms with Crippen molar-refractivity contribution in [1.82, 2.24) is 4.90 Å². The van der Waals surface area contributed by atoms with E-state index in [2.05, 4.69) is 55.1 Å². The number of fused-ring (bicyclic) bond motifs is 1. The molecule has 2 aromatic carbocycles. The van der Waals surface area contributed by atoms with Gasteiger partial charge in [0.05, 0.1) is 12.2 Å². The van der Waals surface area contributed by atoms with Crippen LogP contribution in [0.25, 0.3) is 10.8 Å². The molecule has 0 N–H and O–H groups in total. The molecule has 0 radical (unpaired) electrons. The molecule has 112 valence electrons. The Kier molecular flexibility index (Phi) is 4.42. The molecule has 0 amide bonds. The maximum Gasteiger partial charge on any atom is 0.120 e. The van der Waals surface area contributed by atoms with Gasteiger partial charge in [-0.1, -0.05) is 30.3 Å². The molecule has 1 heterocycles. The maximum absolute atomic E-state index is 5.90. The molecule has 21 heavy (non-hydrogen) atoms. The van der Waals surface area contributed by atoms with Gasteiger partial charge in [-0.15, -0.1) is 0 Å². The van der Waals surface area contributed by atoms with Crippen molar-refractivity contribution in [2.45, 2.75) is 26.1 Å². The first kappa shape index (κ1) is 14.4. The van der Waals surface area contributed by atoms with Crippen LogP contribution in [-0.2, 0) is 4.74 Å². The molecular formula is C18H23NO2. The van der Waals surface area contributed by atoms with Gasteiger partial charge in [0.2, 0.25) is 0 Å². The van der Waals surface area contributed by atoms with Gasteiger partial charge in [-0.25, -0.2) is 0 Å². The van der Waals surface area contributed by atoms with Crippen molar-refractivity contribution in [3.05, 3.63) is 42.5 Å². The van der Waals surface area contributed by atoms with Crippen LogP contribution in [0.4, 0.5) is 0 Å². The van der Waals surface area contributed by atoms with E-state index in [0.29, 0.717) is 12.2 Å². The molecule has 3 nitrogen and oxygen atoms in total. The zero-order chi connectivity index (χ0) is 14.7. The van der Waals surface area contributed by atoms with Crippen LogP contribution in [-0.4, -0.2) is 43.3 Å². The van der Waals surface area contributed by atoms with Crippen LogP contribution in [0.2, 0.25) is 0 Å². The molecule has 0 aromatic heterocycles. The molecule has 0 unspecified atom stereocenters. The zero-order valence-electron chi connectivity index (χ0n) is 12.8. The lowest BCUT2D eigenvalue weighted by atomic mass is 10.1. The molecule has 0 aliphatic carbocycles. The summed E-state index contributed by atoms with van der Waals surface area (Å²) in [7, 11) is 0. The molecule has 1 fully saturated rings. The van der Waals surface area contributed by atoms with Crippen LogP contribution in [0.5, 0.6) is 5.75 Å². The fourth-order valence-electron chi connectivity index (χ4n) is 3.02. The standard InChI is InChI=1S/C18H23NO2/c1-14-12-19(13-15(2)21-14)9-10-20-18-8-7-16-5-3-4-6-17(16)11-18/h3-8,11,14-15H,9-10,12-13H2,1-2H3/t14-,15+. The summed E-state index contributed by atoms with van der Waals surface area (Å²) < 4.78 is 11.7. The third kappa shape index (κ3) is 3.74. The van der Waals surface area contributed by atoms with Crippen molar-refractivity contribution >= 4 is 10.8 Å². The highest BCUT2D eigenvalue weighted by Gasteiger charge is 2.21. The van der Waals surface area contributed by atoms with E-state index in [1.807, 2.05) is 6.07 Å². The Hall–Kier alpha value is -1.58. The van der Waals surface area contributed by atoms with Gasteiger partial charge in [0.25, 0.3) is 0 Å². The zero-order valence-corrected chi connectivity index (χ0v) is 12.8. The van der Waals surface area contributed by atoms with Gasteiger partial charge >= 0.3 is 0 Å². The van der Waals surface area contributed by atoms with Crippen LogP contribution in [0.15, 0.2) is 42.5 Å². The molecule has 1 aliphatic rings. The van der Waals surface area contributed by atoms with Gasteiger partial charge in [-0.2, -0.15) is 0 Å². The summed E-state index contributed by atoms with van der Waals surface area (Å²) in [6.07, 6.45) is 0.629. The van der Waals surface area contributed by atoms with Crippen molar-refractivity contribution in [3.63, 3.8) is 0 Å². The lowest BCUT2D eigenvalue weighted by Gasteiger charge is -2.35. The minimum atomic E-state index is 0.314. The maximum atomic E-state index is 5.90. The molecule has 2 atom stereocenters. The van der Waals surface area contributed by atoms with Gasteiger partial charge in [-0.05, 0) is 36.8 Å². The second-order valence-corrected chi connectivity index (χ2v) is 5.87. The Balaban J connectivity index is 1.54. The summed E-state index contributed by atoms with van der Waals surface area (Å²) in [6.45, 7) is 7.92. The highest BCUT2D eigenvalue weighted by atomic mass is 16.5. The van der Waals surface area contributed by atoms with Crippen molar-refractivity contribution in [3.8, 4) is 5.75 Å². The van der Waals surface area contributed by atoms with Gasteiger partial charge in [0.1, 0.15) is 12.4 Å². The Morgan fingerprint density at radius 3 is 2.52 bits per heavy atom. The van der Waals surface area contributed by atoms with E-state index >= 15 is 0 Å². The highest BCUT2D eigenvalue weighted by Crippen LogP contribution is 2.20. The minimum Gasteiger partial charge on any atom is -0.492 e. The summed E-state index contributed by atoms with van der Waals surface area (Å²) in [5, 5.41) is 2.48. The van der Waals surface area contributed by atoms with Crippen LogP contribution in [0.1, 0.15) is 13.8 Å². The van der Waals surface area contributed by atoms with Crippen LogP contribution >= 0.6 is 0 Å². The van der Waals surface area contributed by atoms with Crippen molar-refractivity contribution < 1.29 is 9.47 Å². The lowest BCUT2D eigenvalue weighted by molar-refractivity contribution is -0.0699. The van der Waals surface area contributed by atoms with Gasteiger partial charge in [0.15, 0.2) is 0 Å². The molecule has 1 aliphatic heterocycles. The van der Waals surface area contributed by atoms with Gasteiger partial charge in [0, 0.05) is 19.6 Å². The van der Waals surface area contributed by atoms with Crippen molar-refractivity contribution in [1.29, 1.82) is 0 Å². The topological polar surface area (TPSA) is 21.7 Å². The van der Waals surface area contributed by atoms with E-state index < -0.39 is 0 Å². The molecule has 3 heteroatoms.